The van der Waals surface area contributed by atoms with Gasteiger partial charge in [0, 0.05) is 24.8 Å². The van der Waals surface area contributed by atoms with Crippen molar-refractivity contribution in [3.8, 4) is 23.0 Å². The number of methoxy groups -OCH3 is 1. The first-order chi connectivity index (χ1) is 25.4. The van der Waals surface area contributed by atoms with E-state index in [4.69, 9.17) is 9.72 Å². The predicted molar refractivity (Wildman–Crippen MR) is 197 cm³/mol. The fourth-order valence-corrected chi connectivity index (χ4v) is 7.15. The Morgan fingerprint density at radius 3 is 2.04 bits per heavy atom. The smallest absolute Gasteiger partial charge is 0.407 e. The summed E-state index contributed by atoms with van der Waals surface area (Å²) in [6.45, 7) is 8.54. The number of imidazole rings is 2. The number of ether oxygens (including phenoxy) is 1. The maximum Gasteiger partial charge on any atom is 0.407 e. The Kier molecular flexibility index (Phi) is 11.0. The Morgan fingerprint density at radius 1 is 0.830 bits per heavy atom. The van der Waals surface area contributed by atoms with Crippen molar-refractivity contribution in [2.45, 2.75) is 77.5 Å². The highest BCUT2D eigenvalue weighted by molar-refractivity contribution is 5.87. The van der Waals surface area contributed by atoms with E-state index in [9.17, 15) is 24.3 Å². The average Bonchev–Trinajstić information content (AvgIpc) is 3.97. The lowest BCUT2D eigenvalue weighted by Gasteiger charge is -2.29. The van der Waals surface area contributed by atoms with E-state index in [-0.39, 0.29) is 35.7 Å². The van der Waals surface area contributed by atoms with Gasteiger partial charge in [0.15, 0.2) is 0 Å². The number of fused-ring (bicyclic) bond motifs is 1. The van der Waals surface area contributed by atoms with Crippen LogP contribution in [0.5, 0.6) is 0 Å². The van der Waals surface area contributed by atoms with Gasteiger partial charge in [-0.2, -0.15) is 0 Å². The average molecular weight is 723 g/mol. The van der Waals surface area contributed by atoms with Gasteiger partial charge in [0.25, 0.3) is 0 Å². The molecule has 2 fully saturated rings. The van der Waals surface area contributed by atoms with Crippen LogP contribution >= 0.6 is 0 Å². The first-order valence-electron chi connectivity index (χ1n) is 18.1. The Balaban J connectivity index is 1.13. The first-order valence-corrected chi connectivity index (χ1v) is 18.1. The normalized spacial score (nSPS) is 18.2. The summed E-state index contributed by atoms with van der Waals surface area (Å²) < 4.78 is 4.75. The molecule has 2 saturated heterocycles. The number of nitrogens with one attached hydrogen (secondary N) is 4. The summed E-state index contributed by atoms with van der Waals surface area (Å²) in [6, 6.07) is 11.9. The molecule has 0 radical (unpaired) electrons. The van der Waals surface area contributed by atoms with Crippen LogP contribution in [0, 0.1) is 23.7 Å². The number of carbonyl (C=O) groups is 4. The molecule has 53 heavy (non-hydrogen) atoms. The maximum atomic E-state index is 13.6. The number of carbonyl (C=O) groups excluding carboxylic acids is 3. The predicted octanol–water partition coefficient (Wildman–Crippen LogP) is 5.35. The van der Waals surface area contributed by atoms with Crippen molar-refractivity contribution in [3.05, 3.63) is 71.6 Å². The molecule has 0 spiro atoms. The second kappa shape index (κ2) is 15.8. The lowest BCUT2D eigenvalue weighted by atomic mass is 10.0. The molecule has 0 bridgehead atoms. The molecule has 4 aromatic rings. The Bertz CT molecular complexity index is 2040. The maximum absolute atomic E-state index is 13.6. The van der Waals surface area contributed by atoms with Crippen molar-refractivity contribution in [2.24, 2.45) is 11.8 Å². The third kappa shape index (κ3) is 8.14. The van der Waals surface area contributed by atoms with Crippen molar-refractivity contribution in [3.63, 3.8) is 0 Å². The monoisotopic (exact) mass is 722 g/mol. The summed E-state index contributed by atoms with van der Waals surface area (Å²) in [4.78, 5) is 69.7. The molecule has 4 heterocycles. The standard InChI is InChI=1S/C39H46N8O6/c1-22(2)32(44-38(50)51)36(48)46-18-6-8-30(46)34-40-21-27(41-34)16-12-24-10-13-25(14-11-24)26-15-17-28-29(20-26)43-35(42-28)31-9-7-19-47(31)37(49)33(23(3)4)45-39(52)53-5/h10-11,13-15,17,20-23,30-33,44H,6-9,18-19H2,1-5H3,(H,40,41)(H,42,43)(H,45,52)(H,50,51)/t30-,31-,32-,33-/m0/s1. The quantitative estimate of drug-likeness (QED) is 0.143. The summed E-state index contributed by atoms with van der Waals surface area (Å²) in [7, 11) is 1.28. The number of alkyl carbamates (subject to hydrolysis) is 1. The number of likely N-dealkylation sites (tertiary alicyclic amines) is 2. The van der Waals surface area contributed by atoms with E-state index in [1.807, 2.05) is 70.2 Å². The van der Waals surface area contributed by atoms with Gasteiger partial charge in [-0.15, -0.1) is 0 Å². The molecule has 5 N–H and O–H groups in total. The molecule has 2 aliphatic rings. The van der Waals surface area contributed by atoms with E-state index in [0.717, 1.165) is 59.2 Å². The summed E-state index contributed by atoms with van der Waals surface area (Å²) in [5.74, 6) is 6.93. The summed E-state index contributed by atoms with van der Waals surface area (Å²) in [5, 5.41) is 14.3. The zero-order chi connectivity index (χ0) is 37.8. The minimum absolute atomic E-state index is 0.113. The van der Waals surface area contributed by atoms with Crippen LogP contribution in [0.4, 0.5) is 9.59 Å². The zero-order valence-corrected chi connectivity index (χ0v) is 30.6. The highest BCUT2D eigenvalue weighted by atomic mass is 16.5. The molecule has 0 unspecified atom stereocenters. The molecular weight excluding hydrogens is 676 g/mol. The van der Waals surface area contributed by atoms with Crippen LogP contribution in [-0.2, 0) is 14.3 Å². The topological polar surface area (TPSA) is 186 Å². The molecule has 14 nitrogen and oxygen atoms in total. The van der Waals surface area contributed by atoms with E-state index in [1.165, 1.54) is 7.11 Å². The molecule has 4 atom stereocenters. The van der Waals surface area contributed by atoms with E-state index >= 15 is 0 Å². The van der Waals surface area contributed by atoms with Crippen molar-refractivity contribution < 1.29 is 29.0 Å². The Morgan fingerprint density at radius 2 is 1.43 bits per heavy atom. The SMILES string of the molecule is COC(=O)N[C@H](C(=O)N1CCC[C@H]1c1nc2cc(-c3ccc(C#Cc4c[nH]c([C@@H]5CCCN5C(=O)[C@@H](NC(=O)O)C(C)C)n4)cc3)ccc2[nH]1)C(C)C. The second-order valence-corrected chi connectivity index (χ2v) is 14.3. The second-order valence-electron chi connectivity index (χ2n) is 14.3. The van der Waals surface area contributed by atoms with Crippen molar-refractivity contribution in [2.75, 3.05) is 20.2 Å². The molecule has 2 aromatic heterocycles. The first kappa shape index (κ1) is 36.9. The highest BCUT2D eigenvalue weighted by Gasteiger charge is 2.39. The van der Waals surface area contributed by atoms with E-state index in [0.29, 0.717) is 24.6 Å². The van der Waals surface area contributed by atoms with Crippen LogP contribution in [0.15, 0.2) is 48.7 Å². The molecule has 0 aliphatic carbocycles. The molecule has 278 valence electrons. The number of hydrogen-bond donors (Lipinski definition) is 5. The molecule has 2 aromatic carbocycles. The third-order valence-corrected chi connectivity index (χ3v) is 9.96. The third-order valence-electron chi connectivity index (χ3n) is 9.96. The van der Waals surface area contributed by atoms with Gasteiger partial charge in [-0.25, -0.2) is 19.6 Å². The van der Waals surface area contributed by atoms with E-state index < -0.39 is 24.3 Å². The van der Waals surface area contributed by atoms with Crippen LogP contribution in [0.1, 0.15) is 88.4 Å². The van der Waals surface area contributed by atoms with Gasteiger partial charge in [0.1, 0.15) is 29.4 Å². The number of H-pyrrole nitrogens is 2. The van der Waals surface area contributed by atoms with Gasteiger partial charge < -0.3 is 40.2 Å². The molecule has 6 rings (SSSR count). The number of aromatic nitrogens is 4. The van der Waals surface area contributed by atoms with Gasteiger partial charge in [0.2, 0.25) is 11.8 Å². The number of amides is 4. The van der Waals surface area contributed by atoms with Gasteiger partial charge in [-0.3, -0.25) is 9.59 Å². The van der Waals surface area contributed by atoms with Gasteiger partial charge in [0.05, 0.1) is 30.2 Å². The van der Waals surface area contributed by atoms with Crippen LogP contribution in [0.25, 0.3) is 22.2 Å². The zero-order valence-electron chi connectivity index (χ0n) is 30.6. The Labute approximate surface area is 308 Å². The van der Waals surface area contributed by atoms with Crippen molar-refractivity contribution >= 4 is 35.0 Å². The minimum Gasteiger partial charge on any atom is -0.465 e. The number of rotatable bonds is 9. The number of aromatic amines is 2. The fraction of sp³-hybridized carbons (Fsp3) is 0.436. The number of hydrogen-bond acceptors (Lipinski definition) is 7. The minimum atomic E-state index is -1.22. The summed E-state index contributed by atoms with van der Waals surface area (Å²) in [6.07, 6.45) is 3.01. The summed E-state index contributed by atoms with van der Waals surface area (Å²) >= 11 is 0. The molecular formula is C39H46N8O6. The van der Waals surface area contributed by atoms with Crippen LogP contribution in [-0.4, -0.2) is 91.1 Å². The molecule has 2 aliphatic heterocycles. The van der Waals surface area contributed by atoms with Gasteiger partial charge in [-0.05, 0) is 78.8 Å². The summed E-state index contributed by atoms with van der Waals surface area (Å²) in [5.41, 5.74) is 5.02. The van der Waals surface area contributed by atoms with E-state index in [2.05, 4.69) is 37.4 Å². The van der Waals surface area contributed by atoms with Crippen LogP contribution in [0.3, 0.4) is 0 Å². The van der Waals surface area contributed by atoms with Crippen LogP contribution in [0.2, 0.25) is 0 Å². The number of benzene rings is 2. The lowest BCUT2D eigenvalue weighted by Crippen LogP contribution is -2.51. The lowest BCUT2D eigenvalue weighted by molar-refractivity contribution is -0.136. The Hall–Kier alpha value is -5.84. The number of nitrogens with zero attached hydrogens (tertiary/aromatic N) is 4. The molecule has 14 heteroatoms. The van der Waals surface area contributed by atoms with Crippen LogP contribution < -0.4 is 10.6 Å². The van der Waals surface area contributed by atoms with Gasteiger partial charge >= 0.3 is 12.2 Å². The van der Waals surface area contributed by atoms with Crippen molar-refractivity contribution in [1.82, 2.24) is 40.4 Å². The van der Waals surface area contributed by atoms with E-state index in [1.54, 1.807) is 16.0 Å². The number of carboxylic acid groups (broad SMARTS) is 1. The fourth-order valence-electron chi connectivity index (χ4n) is 7.15. The molecule has 4 amide bonds. The van der Waals surface area contributed by atoms with Gasteiger partial charge in [-0.1, -0.05) is 51.8 Å². The largest absolute Gasteiger partial charge is 0.465 e. The molecule has 0 saturated carbocycles. The van der Waals surface area contributed by atoms with Crippen molar-refractivity contribution in [1.29, 1.82) is 0 Å². The highest BCUT2D eigenvalue weighted by Crippen LogP contribution is 2.34.